The summed E-state index contributed by atoms with van der Waals surface area (Å²) in [4.78, 5) is 43.5. The maximum atomic E-state index is 13.9. The third kappa shape index (κ3) is 9.06. The molecular weight excluding hydrogens is 586 g/mol. The summed E-state index contributed by atoms with van der Waals surface area (Å²) in [7, 11) is 0. The van der Waals surface area contributed by atoms with Crippen molar-refractivity contribution in [3.05, 3.63) is 90.3 Å². The molecule has 3 amide bonds. The lowest BCUT2D eigenvalue weighted by Crippen LogP contribution is -2.53. The average Bonchev–Trinajstić information content (AvgIpc) is 3.46. The van der Waals surface area contributed by atoms with Gasteiger partial charge in [0.25, 0.3) is 0 Å². The van der Waals surface area contributed by atoms with Crippen LogP contribution in [0.1, 0.15) is 45.6 Å². The van der Waals surface area contributed by atoms with Crippen molar-refractivity contribution in [2.45, 2.75) is 70.9 Å². The van der Waals surface area contributed by atoms with Gasteiger partial charge in [0.15, 0.2) is 0 Å². The number of carbonyl (C=O) groups excluding carboxylic acids is 3. The minimum atomic E-state index is -1.13. The molecule has 4 rings (SSSR count). The summed E-state index contributed by atoms with van der Waals surface area (Å²) in [5.74, 6) is -0.686. The molecule has 1 aliphatic rings. The zero-order valence-corrected chi connectivity index (χ0v) is 26.6. The topological polar surface area (TPSA) is 157 Å². The van der Waals surface area contributed by atoms with E-state index >= 15 is 0 Å². The number of ether oxygens (including phenoxy) is 1. The Labute approximate surface area is 270 Å². The number of aliphatic hydroxyl groups excluding tert-OH is 2. The van der Waals surface area contributed by atoms with Gasteiger partial charge in [0.2, 0.25) is 11.8 Å². The number of aliphatic hydroxyl groups is 2. The van der Waals surface area contributed by atoms with Gasteiger partial charge in [-0.25, -0.2) is 4.79 Å². The Morgan fingerprint density at radius 3 is 2.35 bits per heavy atom. The van der Waals surface area contributed by atoms with Crippen molar-refractivity contribution in [1.82, 2.24) is 15.5 Å². The summed E-state index contributed by atoms with van der Waals surface area (Å²) >= 11 is 0. The predicted molar refractivity (Wildman–Crippen MR) is 177 cm³/mol. The molecule has 3 aromatic carbocycles. The van der Waals surface area contributed by atoms with Crippen LogP contribution in [0.3, 0.4) is 0 Å². The van der Waals surface area contributed by atoms with E-state index in [1.807, 2.05) is 91.5 Å². The van der Waals surface area contributed by atoms with Crippen molar-refractivity contribution in [3.63, 3.8) is 0 Å². The van der Waals surface area contributed by atoms with Gasteiger partial charge in [0.1, 0.15) is 19.3 Å². The lowest BCUT2D eigenvalue weighted by molar-refractivity contribution is -0.129. The Morgan fingerprint density at radius 2 is 1.65 bits per heavy atom. The SMILES string of the molecule is CC(C)C[C@H](NC(=O)[C@H](CC1=CN(C(=O)[C@H](C)N)CN1c1cccc2ccccc12)NC(=O)OCc1ccccc1)C(O)CCO. The molecule has 0 saturated heterocycles. The molecule has 0 fully saturated rings. The summed E-state index contributed by atoms with van der Waals surface area (Å²) in [6.45, 7) is 5.49. The minimum Gasteiger partial charge on any atom is -0.445 e. The van der Waals surface area contributed by atoms with E-state index in [4.69, 9.17) is 10.5 Å². The Hall–Kier alpha value is -4.45. The molecule has 246 valence electrons. The number of hydrogen-bond acceptors (Lipinski definition) is 8. The predicted octanol–water partition coefficient (Wildman–Crippen LogP) is 3.59. The van der Waals surface area contributed by atoms with E-state index in [0.29, 0.717) is 12.1 Å². The second-order valence-electron chi connectivity index (χ2n) is 12.1. The van der Waals surface area contributed by atoms with Crippen LogP contribution in [-0.2, 0) is 20.9 Å². The molecule has 46 heavy (non-hydrogen) atoms. The molecule has 4 atom stereocenters. The van der Waals surface area contributed by atoms with Gasteiger partial charge in [0.05, 0.1) is 23.9 Å². The first-order chi connectivity index (χ1) is 22.1. The van der Waals surface area contributed by atoms with Crippen LogP contribution in [0.5, 0.6) is 0 Å². The summed E-state index contributed by atoms with van der Waals surface area (Å²) in [5.41, 5.74) is 8.17. The number of amides is 3. The number of alkyl carbamates (subject to hydrolysis) is 1. The number of rotatable bonds is 14. The third-order valence-electron chi connectivity index (χ3n) is 7.85. The highest BCUT2D eigenvalue weighted by Gasteiger charge is 2.34. The Bertz CT molecular complexity index is 1510. The zero-order valence-electron chi connectivity index (χ0n) is 26.6. The van der Waals surface area contributed by atoms with E-state index in [-0.39, 0.29) is 44.5 Å². The van der Waals surface area contributed by atoms with E-state index in [2.05, 4.69) is 10.6 Å². The molecule has 0 radical (unpaired) electrons. The standard InChI is InChI=1S/C35H45N5O6/c1-23(2)18-29(32(42)16-17-41)37-33(43)30(38-35(45)46-21-25-10-5-4-6-11-25)19-27-20-39(34(44)24(3)36)22-40(27)31-15-9-13-26-12-7-8-14-28(26)31/h4-15,20,23-24,29-30,32,41-42H,16-19,21-22,36H2,1-3H3,(H,37,43)(H,38,45)/t24-,29-,30-,32?/m0/s1. The summed E-state index contributed by atoms with van der Waals surface area (Å²) in [5, 5.41) is 27.8. The van der Waals surface area contributed by atoms with Crippen molar-refractivity contribution < 1.29 is 29.3 Å². The van der Waals surface area contributed by atoms with Gasteiger partial charge >= 0.3 is 6.09 Å². The lowest BCUT2D eigenvalue weighted by Gasteiger charge is -2.30. The molecule has 6 N–H and O–H groups in total. The normalized spacial score (nSPS) is 15.7. The smallest absolute Gasteiger partial charge is 0.408 e. The van der Waals surface area contributed by atoms with Crippen LogP contribution in [0.4, 0.5) is 10.5 Å². The van der Waals surface area contributed by atoms with Crippen LogP contribution in [0.2, 0.25) is 0 Å². The Kier molecular flexibility index (Phi) is 12.1. The maximum absolute atomic E-state index is 13.9. The van der Waals surface area contributed by atoms with Crippen LogP contribution in [0.25, 0.3) is 10.8 Å². The summed E-state index contributed by atoms with van der Waals surface area (Å²) in [6, 6.07) is 20.4. The molecule has 0 bridgehead atoms. The lowest BCUT2D eigenvalue weighted by atomic mass is 9.96. The first-order valence-electron chi connectivity index (χ1n) is 15.7. The van der Waals surface area contributed by atoms with E-state index in [1.165, 1.54) is 4.90 Å². The minimum absolute atomic E-state index is 0.00270. The van der Waals surface area contributed by atoms with Gasteiger partial charge in [-0.3, -0.25) is 14.5 Å². The molecule has 0 aliphatic carbocycles. The number of carbonyl (C=O) groups is 3. The summed E-state index contributed by atoms with van der Waals surface area (Å²) < 4.78 is 5.46. The van der Waals surface area contributed by atoms with E-state index < -0.39 is 36.2 Å². The van der Waals surface area contributed by atoms with E-state index in [0.717, 1.165) is 22.0 Å². The van der Waals surface area contributed by atoms with Gasteiger partial charge in [-0.2, -0.15) is 0 Å². The fourth-order valence-corrected chi connectivity index (χ4v) is 5.53. The number of nitrogens with two attached hydrogens (primary N) is 1. The Morgan fingerprint density at radius 1 is 0.957 bits per heavy atom. The van der Waals surface area contributed by atoms with Crippen molar-refractivity contribution in [3.8, 4) is 0 Å². The molecule has 11 nitrogen and oxygen atoms in total. The number of nitrogens with zero attached hydrogens (tertiary/aromatic N) is 2. The van der Waals surface area contributed by atoms with Crippen molar-refractivity contribution >= 4 is 34.4 Å². The number of fused-ring (bicyclic) bond motifs is 1. The maximum Gasteiger partial charge on any atom is 0.408 e. The van der Waals surface area contributed by atoms with Gasteiger partial charge in [0, 0.05) is 30.3 Å². The first kappa shape index (κ1) is 34.4. The molecule has 0 spiro atoms. The van der Waals surface area contributed by atoms with Crippen molar-refractivity contribution in [1.29, 1.82) is 0 Å². The molecule has 1 unspecified atom stereocenters. The zero-order chi connectivity index (χ0) is 33.2. The highest BCUT2D eigenvalue weighted by atomic mass is 16.5. The van der Waals surface area contributed by atoms with Gasteiger partial charge in [-0.15, -0.1) is 0 Å². The number of benzene rings is 3. The number of nitrogens with one attached hydrogen (secondary N) is 2. The van der Waals surface area contributed by atoms with Crippen molar-refractivity contribution in [2.75, 3.05) is 18.2 Å². The fourth-order valence-electron chi connectivity index (χ4n) is 5.53. The Balaban J connectivity index is 1.66. The van der Waals surface area contributed by atoms with Crippen LogP contribution >= 0.6 is 0 Å². The summed E-state index contributed by atoms with van der Waals surface area (Å²) in [6.07, 6.45) is 0.431. The van der Waals surface area contributed by atoms with Crippen LogP contribution in [0.15, 0.2) is 84.7 Å². The van der Waals surface area contributed by atoms with Crippen molar-refractivity contribution in [2.24, 2.45) is 11.7 Å². The number of anilines is 1. The second kappa shape index (κ2) is 16.2. The first-order valence-corrected chi connectivity index (χ1v) is 15.7. The number of hydrogen-bond donors (Lipinski definition) is 5. The van der Waals surface area contributed by atoms with Gasteiger partial charge in [-0.05, 0) is 42.7 Å². The molecule has 3 aromatic rings. The van der Waals surface area contributed by atoms with E-state index in [1.54, 1.807) is 13.1 Å². The quantitative estimate of drug-likeness (QED) is 0.181. The molecular formula is C35H45N5O6. The second-order valence-corrected chi connectivity index (χ2v) is 12.1. The highest BCUT2D eigenvalue weighted by molar-refractivity contribution is 5.96. The highest BCUT2D eigenvalue weighted by Crippen LogP contribution is 2.34. The van der Waals surface area contributed by atoms with Crippen LogP contribution < -0.4 is 21.3 Å². The van der Waals surface area contributed by atoms with Gasteiger partial charge < -0.3 is 36.2 Å². The van der Waals surface area contributed by atoms with Crippen LogP contribution in [-0.4, -0.2) is 70.5 Å². The molecule has 0 aromatic heterocycles. The fraction of sp³-hybridized carbons (Fsp3) is 0.400. The average molecular weight is 632 g/mol. The van der Waals surface area contributed by atoms with Gasteiger partial charge in [-0.1, -0.05) is 80.6 Å². The molecule has 11 heteroatoms. The molecule has 1 aliphatic heterocycles. The van der Waals surface area contributed by atoms with Crippen LogP contribution in [0, 0.1) is 5.92 Å². The largest absolute Gasteiger partial charge is 0.445 e. The molecule has 0 saturated carbocycles. The molecule has 1 heterocycles. The monoisotopic (exact) mass is 631 g/mol. The third-order valence-corrected chi connectivity index (χ3v) is 7.85. The van der Waals surface area contributed by atoms with E-state index in [9.17, 15) is 24.6 Å².